The maximum atomic E-state index is 13.1. The number of benzene rings is 3. The Balaban J connectivity index is 0.000000231. The van der Waals surface area contributed by atoms with E-state index in [2.05, 4.69) is 15.4 Å². The first-order valence-electron chi connectivity index (χ1n) is 12.1. The molecule has 0 aliphatic rings. The molecule has 3 aromatic carbocycles. The van der Waals surface area contributed by atoms with Crippen LogP contribution in [-0.2, 0) is 4.74 Å². The van der Waals surface area contributed by atoms with Crippen molar-refractivity contribution >= 4 is 11.6 Å². The van der Waals surface area contributed by atoms with Crippen LogP contribution in [0.3, 0.4) is 0 Å². The first-order valence-corrected chi connectivity index (χ1v) is 12.1. The van der Waals surface area contributed by atoms with Crippen LogP contribution in [0.25, 0.3) is 11.3 Å². The molecule has 0 radical (unpaired) electrons. The molecule has 4 rings (SSSR count). The Labute approximate surface area is 217 Å². The average Bonchev–Trinajstić information content (AvgIpc) is 2.99. The van der Waals surface area contributed by atoms with Gasteiger partial charge in [0.2, 0.25) is 11.6 Å². The molecule has 0 unspecified atom stereocenters. The number of hydrogen-bond donors (Lipinski definition) is 0. The van der Waals surface area contributed by atoms with Crippen molar-refractivity contribution in [2.75, 3.05) is 14.2 Å². The van der Waals surface area contributed by atoms with E-state index in [0.717, 1.165) is 18.4 Å². The zero-order valence-electron chi connectivity index (χ0n) is 21.3. The number of Topliss-reactive ketones (excluding diaryl/α,β-unsaturated/α-hetero) is 2. The molecule has 0 spiro atoms. The zero-order chi connectivity index (χ0) is 26.5. The van der Waals surface area contributed by atoms with Crippen LogP contribution < -0.4 is 4.74 Å². The number of ether oxygens (including phenoxy) is 2. The summed E-state index contributed by atoms with van der Waals surface area (Å²) in [6.07, 6.45) is 3.55. The van der Waals surface area contributed by atoms with Crippen LogP contribution in [0.2, 0.25) is 0 Å². The van der Waals surface area contributed by atoms with Gasteiger partial charge in [-0.3, -0.25) is 9.59 Å². The number of carbonyl (C=O) groups excluding carboxylic acids is 2. The van der Waals surface area contributed by atoms with Crippen molar-refractivity contribution in [1.82, 2.24) is 15.4 Å². The van der Waals surface area contributed by atoms with Gasteiger partial charge in [0.15, 0.2) is 11.4 Å². The van der Waals surface area contributed by atoms with E-state index in [-0.39, 0.29) is 11.6 Å². The molecule has 0 N–H and O–H groups in total. The Morgan fingerprint density at radius 2 is 1.30 bits per heavy atom. The van der Waals surface area contributed by atoms with Gasteiger partial charge in [-0.25, -0.2) is 0 Å². The molecule has 1 heterocycles. The molecule has 0 amide bonds. The predicted molar refractivity (Wildman–Crippen MR) is 143 cm³/mol. The molecule has 0 aliphatic heterocycles. The molecule has 0 aliphatic carbocycles. The van der Waals surface area contributed by atoms with Crippen molar-refractivity contribution < 1.29 is 19.1 Å². The first-order chi connectivity index (χ1) is 18.1. The number of hydrogen-bond acceptors (Lipinski definition) is 7. The lowest BCUT2D eigenvalue weighted by Gasteiger charge is -2.29. The van der Waals surface area contributed by atoms with Gasteiger partial charge < -0.3 is 9.47 Å². The molecule has 0 bridgehead atoms. The van der Waals surface area contributed by atoms with E-state index < -0.39 is 5.60 Å². The summed E-state index contributed by atoms with van der Waals surface area (Å²) in [5.74, 6) is 0.0806. The molecule has 1 aromatic heterocycles. The molecule has 37 heavy (non-hydrogen) atoms. The number of carbonyl (C=O) groups is 2. The number of ketones is 2. The summed E-state index contributed by atoms with van der Waals surface area (Å²) in [7, 11) is 3.03. The lowest BCUT2D eigenvalue weighted by atomic mass is 9.81. The van der Waals surface area contributed by atoms with Gasteiger partial charge >= 0.3 is 0 Å². The van der Waals surface area contributed by atoms with Gasteiger partial charge in [0.1, 0.15) is 5.69 Å². The number of methoxy groups -OCH3 is 2. The Morgan fingerprint density at radius 3 is 1.76 bits per heavy atom. The molecule has 0 saturated carbocycles. The summed E-state index contributed by atoms with van der Waals surface area (Å²) >= 11 is 0. The highest BCUT2D eigenvalue weighted by Gasteiger charge is 2.46. The standard InChI is InChI=1S/C20H22O3.C10H9N3O/c1-3-4-15-20(23-2,18(21)16-11-7-5-8-12-16)19(22)17-13-9-6-10-14-17;1-14-9-7-11-13-12-10(9)8-5-3-2-4-6-8/h5-14H,3-4,15H2,1-2H3;2-7H,1H3. The molecule has 7 heteroatoms. The van der Waals surface area contributed by atoms with Crippen LogP contribution in [0.1, 0.15) is 46.9 Å². The van der Waals surface area contributed by atoms with Gasteiger partial charge in [-0.1, -0.05) is 104 Å². The molecular weight excluding hydrogens is 466 g/mol. The molecule has 0 atom stereocenters. The second-order valence-electron chi connectivity index (χ2n) is 8.24. The van der Waals surface area contributed by atoms with Gasteiger partial charge in [0.25, 0.3) is 0 Å². The van der Waals surface area contributed by atoms with Gasteiger partial charge in [0.05, 0.1) is 13.3 Å². The van der Waals surface area contributed by atoms with Gasteiger partial charge in [0, 0.05) is 23.8 Å². The molecule has 190 valence electrons. The fraction of sp³-hybridized carbons (Fsp3) is 0.233. The van der Waals surface area contributed by atoms with Crippen molar-refractivity contribution in [2.24, 2.45) is 0 Å². The smallest absolute Gasteiger partial charge is 0.202 e. The Kier molecular flexibility index (Phi) is 10.2. The van der Waals surface area contributed by atoms with E-state index in [1.807, 2.05) is 49.4 Å². The van der Waals surface area contributed by atoms with E-state index in [0.29, 0.717) is 29.0 Å². The summed E-state index contributed by atoms with van der Waals surface area (Å²) in [5.41, 5.74) is 1.21. The maximum absolute atomic E-state index is 13.1. The number of rotatable bonds is 10. The number of unbranched alkanes of at least 4 members (excludes halogenated alkanes) is 1. The molecule has 0 fully saturated rings. The van der Waals surface area contributed by atoms with Crippen molar-refractivity contribution in [2.45, 2.75) is 31.8 Å². The van der Waals surface area contributed by atoms with E-state index in [1.54, 1.807) is 61.8 Å². The second-order valence-corrected chi connectivity index (χ2v) is 8.24. The first kappa shape index (κ1) is 27.4. The van der Waals surface area contributed by atoms with Crippen LogP contribution in [0.15, 0.2) is 97.2 Å². The third-order valence-corrected chi connectivity index (χ3v) is 5.91. The summed E-state index contributed by atoms with van der Waals surface area (Å²) in [5, 5.41) is 11.2. The predicted octanol–water partition coefficient (Wildman–Crippen LogP) is 5.87. The van der Waals surface area contributed by atoms with Gasteiger partial charge in [-0.15, -0.1) is 10.2 Å². The highest BCUT2D eigenvalue weighted by Crippen LogP contribution is 2.29. The van der Waals surface area contributed by atoms with Crippen LogP contribution in [0.4, 0.5) is 0 Å². The molecular formula is C30H31N3O4. The maximum Gasteiger partial charge on any atom is 0.202 e. The zero-order valence-corrected chi connectivity index (χ0v) is 21.3. The van der Waals surface area contributed by atoms with Crippen molar-refractivity contribution in [3.05, 3.63) is 108 Å². The number of aromatic nitrogens is 3. The Hall–Kier alpha value is -4.23. The summed E-state index contributed by atoms with van der Waals surface area (Å²) in [6, 6.07) is 27.5. The minimum Gasteiger partial charge on any atom is -0.493 e. The highest BCUT2D eigenvalue weighted by atomic mass is 16.5. The minimum absolute atomic E-state index is 0.275. The van der Waals surface area contributed by atoms with Crippen LogP contribution in [0, 0.1) is 0 Å². The van der Waals surface area contributed by atoms with E-state index in [4.69, 9.17) is 9.47 Å². The molecule has 4 aromatic rings. The second kappa shape index (κ2) is 13.8. The third kappa shape index (κ3) is 6.71. The van der Waals surface area contributed by atoms with Gasteiger partial charge in [-0.2, -0.15) is 0 Å². The quantitative estimate of drug-likeness (QED) is 0.200. The largest absolute Gasteiger partial charge is 0.493 e. The lowest BCUT2D eigenvalue weighted by molar-refractivity contribution is 0.00383. The van der Waals surface area contributed by atoms with Crippen molar-refractivity contribution in [3.8, 4) is 17.0 Å². The van der Waals surface area contributed by atoms with E-state index in [1.165, 1.54) is 7.11 Å². The normalized spacial score (nSPS) is 10.7. The summed E-state index contributed by atoms with van der Waals surface area (Å²) in [4.78, 5) is 26.1. The Bertz CT molecular complexity index is 1210. The fourth-order valence-electron chi connectivity index (χ4n) is 3.89. The van der Waals surface area contributed by atoms with E-state index >= 15 is 0 Å². The monoisotopic (exact) mass is 497 g/mol. The fourth-order valence-corrected chi connectivity index (χ4v) is 3.89. The van der Waals surface area contributed by atoms with E-state index in [9.17, 15) is 9.59 Å². The lowest BCUT2D eigenvalue weighted by Crippen LogP contribution is -2.48. The van der Waals surface area contributed by atoms with Crippen LogP contribution in [0.5, 0.6) is 5.75 Å². The van der Waals surface area contributed by atoms with Crippen molar-refractivity contribution in [3.63, 3.8) is 0 Å². The van der Waals surface area contributed by atoms with Crippen LogP contribution in [-0.4, -0.2) is 46.8 Å². The molecule has 7 nitrogen and oxygen atoms in total. The average molecular weight is 498 g/mol. The van der Waals surface area contributed by atoms with Crippen molar-refractivity contribution in [1.29, 1.82) is 0 Å². The third-order valence-electron chi connectivity index (χ3n) is 5.91. The SMILES string of the molecule is CCCCC(OC)(C(=O)c1ccccc1)C(=O)c1ccccc1.COc1cnnnc1-c1ccccc1. The molecule has 0 saturated heterocycles. The Morgan fingerprint density at radius 1 is 0.784 bits per heavy atom. The highest BCUT2D eigenvalue weighted by molar-refractivity contribution is 6.22. The minimum atomic E-state index is -1.46. The number of nitrogens with zero attached hydrogens (tertiary/aromatic N) is 3. The van der Waals surface area contributed by atoms with Gasteiger partial charge in [-0.05, 0) is 18.1 Å². The van der Waals surface area contributed by atoms with Crippen LogP contribution >= 0.6 is 0 Å². The summed E-state index contributed by atoms with van der Waals surface area (Å²) in [6.45, 7) is 2.03. The topological polar surface area (TPSA) is 91.3 Å². The summed E-state index contributed by atoms with van der Waals surface area (Å²) < 4.78 is 10.7.